The molecule has 0 unspecified atom stereocenters. The molecule has 0 bridgehead atoms. The van der Waals surface area contributed by atoms with Crippen LogP contribution in [0, 0.1) is 11.3 Å². The molecule has 0 atom stereocenters. The molecule has 2 rings (SSSR count). The summed E-state index contributed by atoms with van der Waals surface area (Å²) in [6, 6.07) is 8.07. The Kier molecular flexibility index (Phi) is 6.26. The minimum Gasteiger partial charge on any atom is -0.484 e. The third kappa shape index (κ3) is 6.31. The highest BCUT2D eigenvalue weighted by Gasteiger charge is 2.30. The van der Waals surface area contributed by atoms with Crippen LogP contribution in [-0.4, -0.2) is 36.6 Å². The Balaban J connectivity index is 2.49. The zero-order valence-corrected chi connectivity index (χ0v) is 14.3. The molecule has 5 nitrogen and oxygen atoms in total. The number of nitrogens with zero attached hydrogens (tertiary/aromatic N) is 1. The quantitative estimate of drug-likeness (QED) is 0.680. The Hall–Kier alpha value is -3.42. The van der Waals surface area contributed by atoms with Crippen molar-refractivity contribution >= 4 is 5.97 Å². The van der Waals surface area contributed by atoms with Crippen LogP contribution in [0.3, 0.4) is 0 Å². The molecule has 0 amide bonds. The lowest BCUT2D eigenvalue weighted by atomic mass is 9.97. The predicted molar refractivity (Wildman–Crippen MR) is 86.7 cm³/mol. The van der Waals surface area contributed by atoms with E-state index in [-0.39, 0.29) is 22.3 Å². The molecule has 11 heteroatoms. The smallest absolute Gasteiger partial charge is 0.422 e. The van der Waals surface area contributed by atoms with E-state index in [4.69, 9.17) is 9.84 Å². The molecule has 0 aliphatic rings. The molecular weight excluding hydrogens is 408 g/mol. The summed E-state index contributed by atoms with van der Waals surface area (Å²) in [6.45, 7) is -3.40. The van der Waals surface area contributed by atoms with Crippen LogP contribution in [-0.2, 0) is 0 Å². The molecule has 0 saturated heterocycles. The topological polar surface area (TPSA) is 79.6 Å². The minimum atomic E-state index is -4.73. The minimum absolute atomic E-state index is 0.0389. The van der Waals surface area contributed by atoms with Crippen molar-refractivity contribution in [3.05, 3.63) is 47.5 Å². The maximum Gasteiger partial charge on any atom is 0.422 e. The number of alkyl halides is 6. The van der Waals surface area contributed by atoms with Crippen molar-refractivity contribution in [2.75, 3.05) is 13.2 Å². The number of carboxylic acid groups (broad SMARTS) is 1. The first kappa shape index (κ1) is 21.9. The number of ether oxygens (including phenoxy) is 2. The lowest BCUT2D eigenvalue weighted by Gasteiger charge is -2.16. The molecule has 2 aromatic carbocycles. The van der Waals surface area contributed by atoms with Crippen molar-refractivity contribution in [1.82, 2.24) is 0 Å². The molecule has 29 heavy (non-hydrogen) atoms. The average Bonchev–Trinajstić information content (AvgIpc) is 2.63. The van der Waals surface area contributed by atoms with E-state index in [1.165, 1.54) is 6.07 Å². The van der Waals surface area contributed by atoms with Gasteiger partial charge in [-0.15, -0.1) is 0 Å². The van der Waals surface area contributed by atoms with Crippen LogP contribution in [0.4, 0.5) is 26.3 Å². The number of nitriles is 1. The van der Waals surface area contributed by atoms with Crippen LogP contribution in [0.1, 0.15) is 15.9 Å². The van der Waals surface area contributed by atoms with Gasteiger partial charge in [0.05, 0.1) is 17.2 Å². The average molecular weight is 419 g/mol. The summed E-state index contributed by atoms with van der Waals surface area (Å²) in [5.41, 5.74) is -0.418. The predicted octanol–water partition coefficient (Wildman–Crippen LogP) is 4.81. The summed E-state index contributed by atoms with van der Waals surface area (Å²) < 4.78 is 83.8. The van der Waals surface area contributed by atoms with E-state index in [0.29, 0.717) is 0 Å². The van der Waals surface area contributed by atoms with Gasteiger partial charge >= 0.3 is 18.3 Å². The standard InChI is InChI=1S/C18H11F6NO4/c19-17(20,21)8-28-12-2-4-14(15(6-12)29-9-18(22,23)24)13-3-1-10(16(26)27)5-11(13)7-25/h1-6H,8-9H2,(H,26,27). The van der Waals surface area contributed by atoms with Crippen molar-refractivity contribution < 1.29 is 45.7 Å². The SMILES string of the molecule is N#Cc1cc(C(=O)O)ccc1-c1ccc(OCC(F)(F)F)cc1OCC(F)(F)F. The van der Waals surface area contributed by atoms with E-state index in [1.807, 2.05) is 0 Å². The van der Waals surface area contributed by atoms with Gasteiger partial charge in [-0.1, -0.05) is 6.07 Å². The van der Waals surface area contributed by atoms with Gasteiger partial charge in [-0.05, 0) is 24.3 Å². The second-order valence-electron chi connectivity index (χ2n) is 5.64. The van der Waals surface area contributed by atoms with Gasteiger partial charge in [0.1, 0.15) is 11.5 Å². The molecule has 0 spiro atoms. The monoisotopic (exact) mass is 419 g/mol. The van der Waals surface area contributed by atoms with Gasteiger partial charge in [0.2, 0.25) is 0 Å². The number of carbonyl (C=O) groups is 1. The Morgan fingerprint density at radius 3 is 2.07 bits per heavy atom. The number of rotatable bonds is 6. The molecule has 0 saturated carbocycles. The highest BCUT2D eigenvalue weighted by Crippen LogP contribution is 2.37. The molecular formula is C18H11F6NO4. The molecule has 0 radical (unpaired) electrons. The van der Waals surface area contributed by atoms with E-state index < -0.39 is 43.0 Å². The highest BCUT2D eigenvalue weighted by molar-refractivity contribution is 5.90. The van der Waals surface area contributed by atoms with Crippen molar-refractivity contribution in [2.24, 2.45) is 0 Å². The molecule has 1 N–H and O–H groups in total. The normalized spacial score (nSPS) is 11.6. The zero-order valence-electron chi connectivity index (χ0n) is 14.3. The summed E-state index contributed by atoms with van der Waals surface area (Å²) in [7, 11) is 0. The Morgan fingerprint density at radius 1 is 0.931 bits per heavy atom. The molecule has 0 heterocycles. The van der Waals surface area contributed by atoms with Crippen LogP contribution in [0.15, 0.2) is 36.4 Å². The van der Waals surface area contributed by atoms with Crippen LogP contribution < -0.4 is 9.47 Å². The van der Waals surface area contributed by atoms with Crippen molar-refractivity contribution in [1.29, 1.82) is 5.26 Å². The fourth-order valence-corrected chi connectivity index (χ4v) is 2.26. The highest BCUT2D eigenvalue weighted by atomic mass is 19.4. The first-order chi connectivity index (χ1) is 13.4. The van der Waals surface area contributed by atoms with Crippen molar-refractivity contribution in [2.45, 2.75) is 12.4 Å². The molecule has 0 aromatic heterocycles. The van der Waals surface area contributed by atoms with E-state index in [0.717, 1.165) is 30.3 Å². The van der Waals surface area contributed by atoms with Crippen LogP contribution in [0.2, 0.25) is 0 Å². The first-order valence-electron chi connectivity index (χ1n) is 7.70. The number of hydrogen-bond donors (Lipinski definition) is 1. The van der Waals surface area contributed by atoms with Gasteiger partial charge in [-0.2, -0.15) is 31.6 Å². The molecule has 2 aromatic rings. The first-order valence-corrected chi connectivity index (χ1v) is 7.70. The fraction of sp³-hybridized carbons (Fsp3) is 0.222. The number of hydrogen-bond acceptors (Lipinski definition) is 4. The number of halogens is 6. The summed E-state index contributed by atoms with van der Waals surface area (Å²) in [5.74, 6) is -2.21. The van der Waals surface area contributed by atoms with E-state index in [9.17, 15) is 36.4 Å². The van der Waals surface area contributed by atoms with Gasteiger partial charge in [-0.25, -0.2) is 4.79 Å². The molecule has 0 fully saturated rings. The summed E-state index contributed by atoms with van der Waals surface area (Å²) in [5, 5.41) is 18.2. The molecule has 154 valence electrons. The van der Waals surface area contributed by atoms with E-state index in [1.54, 1.807) is 6.07 Å². The van der Waals surface area contributed by atoms with Crippen LogP contribution in [0.25, 0.3) is 11.1 Å². The number of carboxylic acids is 1. The summed E-state index contributed by atoms with van der Waals surface area (Å²) >= 11 is 0. The zero-order chi connectivity index (χ0) is 21.8. The lowest BCUT2D eigenvalue weighted by Crippen LogP contribution is -2.20. The maximum absolute atomic E-state index is 12.5. The van der Waals surface area contributed by atoms with Gasteiger partial charge in [0.25, 0.3) is 0 Å². The van der Waals surface area contributed by atoms with E-state index in [2.05, 4.69) is 4.74 Å². The Labute approximate surface area is 159 Å². The second kappa shape index (κ2) is 8.30. The Morgan fingerprint density at radius 2 is 1.52 bits per heavy atom. The fourth-order valence-electron chi connectivity index (χ4n) is 2.26. The maximum atomic E-state index is 12.5. The van der Waals surface area contributed by atoms with E-state index >= 15 is 0 Å². The third-order valence-corrected chi connectivity index (χ3v) is 3.42. The van der Waals surface area contributed by atoms with Crippen molar-refractivity contribution in [3.8, 4) is 28.7 Å². The van der Waals surface area contributed by atoms with Gasteiger partial charge in [-0.3, -0.25) is 0 Å². The number of aromatic carboxylic acids is 1. The van der Waals surface area contributed by atoms with Gasteiger partial charge < -0.3 is 14.6 Å². The van der Waals surface area contributed by atoms with Crippen molar-refractivity contribution in [3.63, 3.8) is 0 Å². The molecule has 0 aliphatic heterocycles. The second-order valence-corrected chi connectivity index (χ2v) is 5.64. The van der Waals surface area contributed by atoms with Crippen LogP contribution >= 0.6 is 0 Å². The molecule has 0 aliphatic carbocycles. The van der Waals surface area contributed by atoms with Gasteiger partial charge in [0.15, 0.2) is 13.2 Å². The third-order valence-electron chi connectivity index (χ3n) is 3.42. The summed E-state index contributed by atoms with van der Waals surface area (Å²) in [6.07, 6.45) is -9.39. The van der Waals surface area contributed by atoms with Crippen LogP contribution in [0.5, 0.6) is 11.5 Å². The lowest BCUT2D eigenvalue weighted by molar-refractivity contribution is -0.153. The number of benzene rings is 2. The Bertz CT molecular complexity index is 947. The largest absolute Gasteiger partial charge is 0.484 e. The van der Waals surface area contributed by atoms with Gasteiger partial charge in [0, 0.05) is 17.2 Å². The summed E-state index contributed by atoms with van der Waals surface area (Å²) in [4.78, 5) is 11.0.